The summed E-state index contributed by atoms with van der Waals surface area (Å²) >= 11 is 0. The summed E-state index contributed by atoms with van der Waals surface area (Å²) in [4.78, 5) is 11.2. The number of piperidine rings is 1. The molecule has 0 atom stereocenters. The highest BCUT2D eigenvalue weighted by Crippen LogP contribution is 2.18. The number of carbonyl (C=O) groups is 1. The number of nitrogens with two attached hydrogens (primary N) is 1. The summed E-state index contributed by atoms with van der Waals surface area (Å²) in [6, 6.07) is 0. The van der Waals surface area contributed by atoms with Crippen LogP contribution in [-0.4, -0.2) is 43.9 Å². The minimum absolute atomic E-state index is 0.221. The van der Waals surface area contributed by atoms with E-state index in [1.807, 2.05) is 0 Å². The molecule has 0 saturated carbocycles. The highest BCUT2D eigenvalue weighted by molar-refractivity contribution is 7.89. The molecule has 5 nitrogen and oxygen atoms in total. The van der Waals surface area contributed by atoms with Gasteiger partial charge in [-0.3, -0.25) is 4.79 Å². The Hall–Kier alpha value is -0.460. The van der Waals surface area contributed by atoms with Crippen LogP contribution in [0.5, 0.6) is 0 Å². The lowest BCUT2D eigenvalue weighted by atomic mass is 9.99. The second kappa shape index (κ2) is 5.75. The molecule has 1 rings (SSSR count). The fourth-order valence-electron chi connectivity index (χ4n) is 1.82. The van der Waals surface area contributed by atoms with E-state index in [2.05, 4.69) is 0 Å². The SMILES string of the molecule is CCC(=O)CS(=O)(=O)N1CCC(CN)CC1. The lowest BCUT2D eigenvalue weighted by Crippen LogP contribution is -2.42. The van der Waals surface area contributed by atoms with E-state index < -0.39 is 10.0 Å². The van der Waals surface area contributed by atoms with E-state index >= 15 is 0 Å². The molecular weight excluding hydrogens is 228 g/mol. The van der Waals surface area contributed by atoms with E-state index in [1.54, 1.807) is 6.92 Å². The smallest absolute Gasteiger partial charge is 0.221 e. The molecule has 0 spiro atoms. The Kier molecular flexibility index (Phi) is 4.89. The normalized spacial score (nSPS) is 19.9. The fraction of sp³-hybridized carbons (Fsp3) is 0.900. The molecule has 0 bridgehead atoms. The van der Waals surface area contributed by atoms with Crippen molar-refractivity contribution in [2.75, 3.05) is 25.4 Å². The van der Waals surface area contributed by atoms with Crippen molar-refractivity contribution < 1.29 is 13.2 Å². The van der Waals surface area contributed by atoms with Gasteiger partial charge in [-0.15, -0.1) is 0 Å². The molecule has 1 fully saturated rings. The Morgan fingerprint density at radius 2 is 1.94 bits per heavy atom. The zero-order valence-corrected chi connectivity index (χ0v) is 10.5. The summed E-state index contributed by atoms with van der Waals surface area (Å²) < 4.78 is 25.1. The molecule has 1 heterocycles. The first kappa shape index (κ1) is 13.6. The van der Waals surface area contributed by atoms with Crippen LogP contribution in [0.4, 0.5) is 0 Å². The zero-order valence-electron chi connectivity index (χ0n) is 9.68. The molecule has 0 aromatic carbocycles. The predicted octanol–water partition coefficient (Wildman–Crippen LogP) is -0.0340. The quantitative estimate of drug-likeness (QED) is 0.740. The van der Waals surface area contributed by atoms with Gasteiger partial charge in [-0.1, -0.05) is 6.92 Å². The molecule has 94 valence electrons. The lowest BCUT2D eigenvalue weighted by Gasteiger charge is -2.30. The van der Waals surface area contributed by atoms with Crippen molar-refractivity contribution in [3.05, 3.63) is 0 Å². The van der Waals surface area contributed by atoms with Crippen molar-refractivity contribution in [2.45, 2.75) is 26.2 Å². The summed E-state index contributed by atoms with van der Waals surface area (Å²) in [5, 5.41) is 0. The first-order valence-electron chi connectivity index (χ1n) is 5.69. The molecule has 0 aromatic heterocycles. The summed E-state index contributed by atoms with van der Waals surface area (Å²) in [5.74, 6) is -0.147. The molecule has 0 aliphatic carbocycles. The molecule has 2 N–H and O–H groups in total. The molecule has 6 heteroatoms. The van der Waals surface area contributed by atoms with Crippen LogP contribution in [-0.2, 0) is 14.8 Å². The minimum atomic E-state index is -3.38. The van der Waals surface area contributed by atoms with Crippen LogP contribution in [0.15, 0.2) is 0 Å². The number of rotatable bonds is 5. The van der Waals surface area contributed by atoms with Crippen molar-refractivity contribution in [3.8, 4) is 0 Å². The average molecular weight is 248 g/mol. The van der Waals surface area contributed by atoms with Gasteiger partial charge in [0.05, 0.1) is 0 Å². The van der Waals surface area contributed by atoms with E-state index in [9.17, 15) is 13.2 Å². The number of hydrogen-bond donors (Lipinski definition) is 1. The fourth-order valence-corrected chi connectivity index (χ4v) is 3.38. The first-order valence-corrected chi connectivity index (χ1v) is 7.30. The van der Waals surface area contributed by atoms with Gasteiger partial charge in [0, 0.05) is 19.5 Å². The molecular formula is C10H20N2O3S. The molecule has 16 heavy (non-hydrogen) atoms. The van der Waals surface area contributed by atoms with Crippen LogP contribution in [0.25, 0.3) is 0 Å². The Labute approximate surface area is 97.0 Å². The average Bonchev–Trinajstić information content (AvgIpc) is 2.28. The van der Waals surface area contributed by atoms with Crippen molar-refractivity contribution in [2.24, 2.45) is 11.7 Å². The van der Waals surface area contributed by atoms with E-state index in [-0.39, 0.29) is 18.0 Å². The number of hydrogen-bond acceptors (Lipinski definition) is 4. The number of Topliss-reactive ketones (excluding diaryl/α,β-unsaturated/α-hetero) is 1. The number of ketones is 1. The van der Waals surface area contributed by atoms with Gasteiger partial charge in [-0.05, 0) is 25.3 Å². The molecule has 0 radical (unpaired) electrons. The van der Waals surface area contributed by atoms with Crippen LogP contribution in [0.3, 0.4) is 0 Å². The van der Waals surface area contributed by atoms with Gasteiger partial charge in [0.1, 0.15) is 11.5 Å². The zero-order chi connectivity index (χ0) is 12.2. The Morgan fingerprint density at radius 1 is 1.38 bits per heavy atom. The molecule has 0 amide bonds. The van der Waals surface area contributed by atoms with Crippen LogP contribution in [0.2, 0.25) is 0 Å². The van der Waals surface area contributed by atoms with Crippen LogP contribution in [0.1, 0.15) is 26.2 Å². The third kappa shape index (κ3) is 3.54. The minimum Gasteiger partial charge on any atom is -0.330 e. The molecule has 0 unspecified atom stereocenters. The van der Waals surface area contributed by atoms with Gasteiger partial charge in [-0.25, -0.2) is 12.7 Å². The van der Waals surface area contributed by atoms with Crippen LogP contribution < -0.4 is 5.73 Å². The summed E-state index contributed by atoms with van der Waals surface area (Å²) in [6.07, 6.45) is 1.88. The van der Waals surface area contributed by atoms with E-state index in [4.69, 9.17) is 5.73 Å². The maximum atomic E-state index is 11.8. The maximum absolute atomic E-state index is 11.8. The van der Waals surface area contributed by atoms with Crippen molar-refractivity contribution in [1.29, 1.82) is 0 Å². The van der Waals surface area contributed by atoms with Gasteiger partial charge < -0.3 is 5.73 Å². The largest absolute Gasteiger partial charge is 0.330 e. The number of sulfonamides is 1. The second-order valence-corrected chi connectivity index (χ2v) is 6.20. The van der Waals surface area contributed by atoms with Crippen LogP contribution >= 0.6 is 0 Å². The van der Waals surface area contributed by atoms with Gasteiger partial charge in [-0.2, -0.15) is 0 Å². The molecule has 0 aromatic rings. The Bertz CT molecular complexity index is 332. The van der Waals surface area contributed by atoms with Crippen molar-refractivity contribution >= 4 is 15.8 Å². The van der Waals surface area contributed by atoms with Gasteiger partial charge in [0.25, 0.3) is 0 Å². The standard InChI is InChI=1S/C10H20N2O3S/c1-2-10(13)8-16(14,15)12-5-3-9(7-11)4-6-12/h9H,2-8,11H2,1H3. The van der Waals surface area contributed by atoms with Crippen molar-refractivity contribution in [3.63, 3.8) is 0 Å². The van der Waals surface area contributed by atoms with E-state index in [0.29, 0.717) is 25.6 Å². The highest BCUT2D eigenvalue weighted by Gasteiger charge is 2.28. The van der Waals surface area contributed by atoms with E-state index in [0.717, 1.165) is 12.8 Å². The molecule has 1 aliphatic heterocycles. The highest BCUT2D eigenvalue weighted by atomic mass is 32.2. The first-order chi connectivity index (χ1) is 7.49. The van der Waals surface area contributed by atoms with Gasteiger partial charge in [0.15, 0.2) is 0 Å². The summed E-state index contributed by atoms with van der Waals surface area (Å²) in [5.41, 5.74) is 5.54. The van der Waals surface area contributed by atoms with Crippen LogP contribution in [0, 0.1) is 5.92 Å². The molecule has 1 aliphatic rings. The van der Waals surface area contributed by atoms with Crippen molar-refractivity contribution in [1.82, 2.24) is 4.31 Å². The second-order valence-electron chi connectivity index (χ2n) is 4.23. The van der Waals surface area contributed by atoms with Gasteiger partial charge in [0.2, 0.25) is 10.0 Å². The summed E-state index contributed by atoms with van der Waals surface area (Å²) in [7, 11) is -3.38. The lowest BCUT2D eigenvalue weighted by molar-refractivity contribution is -0.116. The number of nitrogens with zero attached hydrogens (tertiary/aromatic N) is 1. The number of carbonyl (C=O) groups excluding carboxylic acids is 1. The monoisotopic (exact) mass is 248 g/mol. The maximum Gasteiger partial charge on any atom is 0.221 e. The topological polar surface area (TPSA) is 80.5 Å². The Morgan fingerprint density at radius 3 is 2.38 bits per heavy atom. The van der Waals surface area contributed by atoms with E-state index in [1.165, 1.54) is 4.31 Å². The Balaban J connectivity index is 2.55. The molecule has 1 saturated heterocycles. The third-order valence-electron chi connectivity index (χ3n) is 3.04. The third-order valence-corrected chi connectivity index (χ3v) is 4.88. The van der Waals surface area contributed by atoms with Gasteiger partial charge >= 0.3 is 0 Å². The summed E-state index contributed by atoms with van der Waals surface area (Å²) in [6.45, 7) is 3.29. The predicted molar refractivity (Wildman–Crippen MR) is 62.4 cm³/mol.